The van der Waals surface area contributed by atoms with Crippen LogP contribution in [0.4, 0.5) is 0 Å². The van der Waals surface area contributed by atoms with Gasteiger partial charge in [-0.3, -0.25) is 5.10 Å². The monoisotopic (exact) mass is 307 g/mol. The molecule has 1 N–H and O–H groups in total. The molecule has 108 valence electrons. The van der Waals surface area contributed by atoms with Gasteiger partial charge in [-0.25, -0.2) is 0 Å². The molecule has 2 heterocycles. The summed E-state index contributed by atoms with van der Waals surface area (Å²) in [4.78, 5) is 0. The van der Waals surface area contributed by atoms with Crippen LogP contribution < -0.4 is 0 Å². The van der Waals surface area contributed by atoms with Gasteiger partial charge in [-0.15, -0.1) is 0 Å². The smallest absolute Gasteiger partial charge is 0.0927 e. The predicted molar refractivity (Wildman–Crippen MR) is 90.9 cm³/mol. The van der Waals surface area contributed by atoms with E-state index >= 15 is 0 Å². The highest BCUT2D eigenvalue weighted by Crippen LogP contribution is 2.31. The number of benzene rings is 2. The van der Waals surface area contributed by atoms with E-state index in [1.807, 2.05) is 24.3 Å². The second-order valence-corrected chi connectivity index (χ2v) is 5.78. The van der Waals surface area contributed by atoms with Crippen molar-refractivity contribution in [1.82, 2.24) is 14.8 Å². The molecule has 0 saturated heterocycles. The minimum absolute atomic E-state index is 0.730. The van der Waals surface area contributed by atoms with Crippen LogP contribution in [0, 0.1) is 0 Å². The fraction of sp³-hybridized carbons (Fsp3) is 0.0556. The third kappa shape index (κ3) is 2.11. The van der Waals surface area contributed by atoms with Crippen LogP contribution in [0.25, 0.3) is 33.4 Å². The van der Waals surface area contributed by atoms with Crippen molar-refractivity contribution in [3.63, 3.8) is 0 Å². The number of nitrogens with zero attached hydrogens (tertiary/aromatic N) is 2. The molecule has 2 aromatic carbocycles. The molecule has 0 bridgehead atoms. The number of H-pyrrole nitrogens is 1. The van der Waals surface area contributed by atoms with Gasteiger partial charge in [0.05, 0.1) is 11.4 Å². The van der Waals surface area contributed by atoms with E-state index in [9.17, 15) is 0 Å². The van der Waals surface area contributed by atoms with Crippen LogP contribution >= 0.6 is 11.6 Å². The Labute approximate surface area is 133 Å². The zero-order valence-corrected chi connectivity index (χ0v) is 12.8. The molecule has 0 amide bonds. The second-order valence-electron chi connectivity index (χ2n) is 5.34. The largest absolute Gasteiger partial charge is 0.350 e. The minimum Gasteiger partial charge on any atom is -0.350 e. The van der Waals surface area contributed by atoms with E-state index in [-0.39, 0.29) is 0 Å². The van der Waals surface area contributed by atoms with Crippen LogP contribution in [0.3, 0.4) is 0 Å². The van der Waals surface area contributed by atoms with Crippen LogP contribution in [-0.2, 0) is 7.05 Å². The van der Waals surface area contributed by atoms with Crippen molar-refractivity contribution in [2.45, 2.75) is 0 Å². The Balaban J connectivity index is 1.82. The van der Waals surface area contributed by atoms with Gasteiger partial charge in [0, 0.05) is 40.3 Å². The summed E-state index contributed by atoms with van der Waals surface area (Å²) in [7, 11) is 2.06. The first-order valence-electron chi connectivity index (χ1n) is 7.08. The molecule has 2 aromatic heterocycles. The lowest BCUT2D eigenvalue weighted by Crippen LogP contribution is -1.81. The van der Waals surface area contributed by atoms with Gasteiger partial charge in [-0.05, 0) is 24.3 Å². The molecule has 0 atom stereocenters. The molecular weight excluding hydrogens is 294 g/mol. The summed E-state index contributed by atoms with van der Waals surface area (Å²) in [5.41, 5.74) is 5.35. The third-order valence-electron chi connectivity index (χ3n) is 3.90. The van der Waals surface area contributed by atoms with Crippen molar-refractivity contribution in [3.8, 4) is 22.5 Å². The van der Waals surface area contributed by atoms with Gasteiger partial charge in [0.1, 0.15) is 0 Å². The zero-order valence-electron chi connectivity index (χ0n) is 12.0. The van der Waals surface area contributed by atoms with Gasteiger partial charge < -0.3 is 4.57 Å². The molecule has 0 unspecified atom stereocenters. The number of halogens is 1. The highest BCUT2D eigenvalue weighted by Gasteiger charge is 2.11. The van der Waals surface area contributed by atoms with E-state index < -0.39 is 0 Å². The maximum Gasteiger partial charge on any atom is 0.0927 e. The summed E-state index contributed by atoms with van der Waals surface area (Å²) in [6, 6.07) is 18.2. The van der Waals surface area contributed by atoms with Gasteiger partial charge in [0.25, 0.3) is 0 Å². The Bertz CT molecular complexity index is 948. The van der Waals surface area contributed by atoms with Crippen LogP contribution in [0.2, 0.25) is 5.02 Å². The molecule has 0 aliphatic carbocycles. The van der Waals surface area contributed by atoms with Crippen LogP contribution in [0.5, 0.6) is 0 Å². The fourth-order valence-electron chi connectivity index (χ4n) is 2.78. The Hall–Kier alpha value is -2.52. The number of aromatic nitrogens is 3. The van der Waals surface area contributed by atoms with E-state index in [0.717, 1.165) is 27.5 Å². The average molecular weight is 308 g/mol. The first-order chi connectivity index (χ1) is 10.7. The minimum atomic E-state index is 0.730. The molecule has 22 heavy (non-hydrogen) atoms. The SMILES string of the molecule is Cn1cc(-c2cc(-c3ccc(Cl)cc3)n[nH]2)c2ccccc21. The van der Waals surface area contributed by atoms with E-state index in [0.29, 0.717) is 0 Å². The molecule has 0 fully saturated rings. The summed E-state index contributed by atoms with van der Waals surface area (Å²) in [6.07, 6.45) is 2.13. The first kappa shape index (κ1) is 13.2. The number of fused-ring (bicyclic) bond motifs is 1. The van der Waals surface area contributed by atoms with Crippen LogP contribution in [0.1, 0.15) is 0 Å². The van der Waals surface area contributed by atoms with Crippen molar-refractivity contribution in [1.29, 1.82) is 0 Å². The Morgan fingerprint density at radius 2 is 1.82 bits per heavy atom. The summed E-state index contributed by atoms with van der Waals surface area (Å²) in [6.45, 7) is 0. The average Bonchev–Trinajstić information content (AvgIpc) is 3.14. The molecule has 0 aliphatic heterocycles. The predicted octanol–water partition coefficient (Wildman–Crippen LogP) is 4.89. The summed E-state index contributed by atoms with van der Waals surface area (Å²) < 4.78 is 2.13. The van der Waals surface area contributed by atoms with Gasteiger partial charge in [0.15, 0.2) is 0 Å². The van der Waals surface area contributed by atoms with Gasteiger partial charge in [-0.1, -0.05) is 41.9 Å². The highest BCUT2D eigenvalue weighted by atomic mass is 35.5. The molecule has 4 rings (SSSR count). The quantitative estimate of drug-likeness (QED) is 0.562. The maximum atomic E-state index is 5.94. The third-order valence-corrected chi connectivity index (χ3v) is 4.16. The Morgan fingerprint density at radius 3 is 2.64 bits per heavy atom. The van der Waals surface area contributed by atoms with Crippen molar-refractivity contribution in [2.24, 2.45) is 7.05 Å². The van der Waals surface area contributed by atoms with Crippen molar-refractivity contribution in [3.05, 3.63) is 65.8 Å². The van der Waals surface area contributed by atoms with E-state index in [1.165, 1.54) is 10.9 Å². The van der Waals surface area contributed by atoms with Gasteiger partial charge >= 0.3 is 0 Å². The van der Waals surface area contributed by atoms with Gasteiger partial charge in [-0.2, -0.15) is 5.10 Å². The molecule has 3 nitrogen and oxygen atoms in total. The standard InChI is InChI=1S/C18H14ClN3/c1-22-11-15(14-4-2-3-5-18(14)22)17-10-16(20-21-17)12-6-8-13(19)9-7-12/h2-11H,1H3,(H,20,21). The molecular formula is C18H14ClN3. The topological polar surface area (TPSA) is 33.6 Å². The van der Waals surface area contributed by atoms with Gasteiger partial charge in [0.2, 0.25) is 0 Å². The normalized spacial score (nSPS) is 11.2. The van der Waals surface area contributed by atoms with E-state index in [4.69, 9.17) is 11.6 Å². The summed E-state index contributed by atoms with van der Waals surface area (Å²) in [5.74, 6) is 0. The molecule has 0 spiro atoms. The van der Waals surface area contributed by atoms with E-state index in [2.05, 4.69) is 58.3 Å². The van der Waals surface area contributed by atoms with Crippen molar-refractivity contribution in [2.75, 3.05) is 0 Å². The molecule has 0 aliphatic rings. The van der Waals surface area contributed by atoms with Crippen molar-refractivity contribution < 1.29 is 0 Å². The second kappa shape index (κ2) is 5.04. The number of hydrogen-bond donors (Lipinski definition) is 1. The molecule has 4 heteroatoms. The van der Waals surface area contributed by atoms with Crippen molar-refractivity contribution >= 4 is 22.5 Å². The fourth-order valence-corrected chi connectivity index (χ4v) is 2.91. The molecule has 0 saturated carbocycles. The number of rotatable bonds is 2. The molecule has 0 radical (unpaired) electrons. The Kier molecular flexibility index (Phi) is 3.01. The lowest BCUT2D eigenvalue weighted by atomic mass is 10.1. The number of aromatic amines is 1. The highest BCUT2D eigenvalue weighted by molar-refractivity contribution is 6.30. The lowest BCUT2D eigenvalue weighted by Gasteiger charge is -1.95. The number of hydrogen-bond acceptors (Lipinski definition) is 1. The first-order valence-corrected chi connectivity index (χ1v) is 7.46. The summed E-state index contributed by atoms with van der Waals surface area (Å²) in [5, 5.41) is 9.52. The molecule has 4 aromatic rings. The Morgan fingerprint density at radius 1 is 1.05 bits per heavy atom. The zero-order chi connectivity index (χ0) is 15.1. The summed E-state index contributed by atoms with van der Waals surface area (Å²) >= 11 is 5.94. The number of aryl methyl sites for hydroxylation is 1. The van der Waals surface area contributed by atoms with E-state index in [1.54, 1.807) is 0 Å². The lowest BCUT2D eigenvalue weighted by molar-refractivity contribution is 0.969. The van der Waals surface area contributed by atoms with Crippen LogP contribution in [-0.4, -0.2) is 14.8 Å². The van der Waals surface area contributed by atoms with Crippen LogP contribution in [0.15, 0.2) is 60.8 Å². The number of para-hydroxylation sites is 1. The maximum absolute atomic E-state index is 5.94. The number of nitrogens with one attached hydrogen (secondary N) is 1.